The van der Waals surface area contributed by atoms with Crippen LogP contribution in [0, 0.1) is 17.8 Å². The van der Waals surface area contributed by atoms with Gasteiger partial charge in [-0.15, -0.1) is 0 Å². The van der Waals surface area contributed by atoms with E-state index in [0.717, 1.165) is 29.1 Å². The van der Waals surface area contributed by atoms with Gasteiger partial charge in [0.2, 0.25) is 0 Å². The second kappa shape index (κ2) is 6.76. The molecule has 4 saturated carbocycles. The van der Waals surface area contributed by atoms with E-state index in [1.807, 2.05) is 24.3 Å². The van der Waals surface area contributed by atoms with Crippen molar-refractivity contribution in [3.05, 3.63) is 24.3 Å². The highest BCUT2D eigenvalue weighted by Gasteiger charge is 2.51. The highest BCUT2D eigenvalue weighted by molar-refractivity contribution is 5.97. The van der Waals surface area contributed by atoms with Crippen LogP contribution in [0.25, 0.3) is 0 Å². The van der Waals surface area contributed by atoms with Gasteiger partial charge in [-0.2, -0.15) is 0 Å². The van der Waals surface area contributed by atoms with Crippen LogP contribution in [-0.2, 0) is 14.3 Å². The summed E-state index contributed by atoms with van der Waals surface area (Å²) < 4.78 is 5.40. The van der Waals surface area contributed by atoms with E-state index in [9.17, 15) is 9.59 Å². The zero-order valence-electron chi connectivity index (χ0n) is 16.0. The van der Waals surface area contributed by atoms with E-state index in [1.54, 1.807) is 0 Å². The second-order valence-electron chi connectivity index (χ2n) is 9.39. The van der Waals surface area contributed by atoms with Crippen LogP contribution in [0.4, 0.5) is 11.4 Å². The number of benzene rings is 1. The molecule has 5 fully saturated rings. The van der Waals surface area contributed by atoms with Gasteiger partial charge >= 0.3 is 5.97 Å². The van der Waals surface area contributed by atoms with Crippen LogP contribution in [0.15, 0.2) is 24.3 Å². The fraction of sp³-hybridized carbons (Fsp3) is 0.636. The summed E-state index contributed by atoms with van der Waals surface area (Å²) in [7, 11) is 0. The Hall–Kier alpha value is -2.08. The van der Waals surface area contributed by atoms with Gasteiger partial charge in [-0.3, -0.25) is 4.79 Å². The number of carbonyl (C=O) groups excluding carboxylic acids is 1. The van der Waals surface area contributed by atoms with E-state index in [-0.39, 0.29) is 11.4 Å². The Morgan fingerprint density at radius 1 is 0.929 bits per heavy atom. The number of ether oxygens (including phenoxy) is 1. The number of aliphatic carboxylic acids is 1. The smallest absolute Gasteiger partial charge is 0.332 e. The van der Waals surface area contributed by atoms with Crippen molar-refractivity contribution in [2.24, 2.45) is 17.8 Å². The van der Waals surface area contributed by atoms with Gasteiger partial charge in [0.15, 0.2) is 6.10 Å². The first-order chi connectivity index (χ1) is 13.5. The van der Waals surface area contributed by atoms with Crippen molar-refractivity contribution >= 4 is 23.3 Å². The standard InChI is InChI=1S/C22H28N2O4/c25-20(18-5-6-19(28-18)21(26)27)23-16-3-1-2-4-17(16)24-22-10-13-7-14(11-22)9-15(8-13)12-22/h1-4,13-15,18-19,24H,5-12H2,(H,23,25)(H,26,27)/t13?,14?,15?,18-,19+,22?/m0/s1. The van der Waals surface area contributed by atoms with Gasteiger partial charge in [-0.05, 0) is 81.3 Å². The second-order valence-corrected chi connectivity index (χ2v) is 9.39. The molecular weight excluding hydrogens is 356 g/mol. The topological polar surface area (TPSA) is 87.7 Å². The van der Waals surface area contributed by atoms with E-state index in [4.69, 9.17) is 9.84 Å². The molecule has 0 spiro atoms. The van der Waals surface area contributed by atoms with Gasteiger partial charge in [-0.1, -0.05) is 12.1 Å². The number of rotatable bonds is 5. The maximum absolute atomic E-state index is 12.6. The molecule has 1 heterocycles. The Morgan fingerprint density at radius 3 is 2.07 bits per heavy atom. The summed E-state index contributed by atoms with van der Waals surface area (Å²) in [4.78, 5) is 23.7. The van der Waals surface area contributed by atoms with Crippen LogP contribution in [0.1, 0.15) is 51.4 Å². The Morgan fingerprint density at radius 2 is 1.50 bits per heavy atom. The Balaban J connectivity index is 1.30. The molecule has 5 aliphatic rings. The number of carboxylic acid groups (broad SMARTS) is 1. The molecule has 28 heavy (non-hydrogen) atoms. The van der Waals surface area contributed by atoms with Crippen LogP contribution < -0.4 is 10.6 Å². The molecule has 1 saturated heterocycles. The molecule has 4 aliphatic carbocycles. The predicted molar refractivity (Wildman–Crippen MR) is 105 cm³/mol. The lowest BCUT2D eigenvalue weighted by molar-refractivity contribution is -0.150. The predicted octanol–water partition coefficient (Wildman–Crippen LogP) is 3.64. The molecule has 6 rings (SSSR count). The van der Waals surface area contributed by atoms with Crippen molar-refractivity contribution in [2.75, 3.05) is 10.6 Å². The number of para-hydroxylation sites is 2. The Kier molecular flexibility index (Phi) is 4.34. The van der Waals surface area contributed by atoms with Gasteiger partial charge in [0.05, 0.1) is 11.4 Å². The van der Waals surface area contributed by atoms with Gasteiger partial charge in [0.1, 0.15) is 6.10 Å². The fourth-order valence-electron chi connectivity index (χ4n) is 6.48. The largest absolute Gasteiger partial charge is 0.479 e. The lowest BCUT2D eigenvalue weighted by Gasteiger charge is -2.57. The van der Waals surface area contributed by atoms with Gasteiger partial charge < -0.3 is 20.5 Å². The molecule has 1 aromatic carbocycles. The minimum atomic E-state index is -1.00. The third kappa shape index (κ3) is 3.28. The molecular formula is C22H28N2O4. The number of nitrogens with one attached hydrogen (secondary N) is 2. The average molecular weight is 384 g/mol. The van der Waals surface area contributed by atoms with E-state index in [0.29, 0.717) is 12.8 Å². The summed E-state index contributed by atoms with van der Waals surface area (Å²) >= 11 is 0. The number of anilines is 2. The number of hydrogen-bond donors (Lipinski definition) is 3. The SMILES string of the molecule is O=C(Nc1ccccc1NC12CC3CC(CC(C3)C1)C2)[C@@H]1CC[C@H](C(=O)O)O1. The molecule has 3 N–H and O–H groups in total. The van der Waals surface area contributed by atoms with Crippen molar-refractivity contribution in [2.45, 2.75) is 69.1 Å². The number of hydrogen-bond acceptors (Lipinski definition) is 4. The molecule has 1 aliphatic heterocycles. The normalized spacial score (nSPS) is 38.4. The van der Waals surface area contributed by atoms with Crippen molar-refractivity contribution < 1.29 is 19.4 Å². The van der Waals surface area contributed by atoms with E-state index in [2.05, 4.69) is 10.6 Å². The van der Waals surface area contributed by atoms with Crippen molar-refractivity contribution in [1.29, 1.82) is 0 Å². The van der Waals surface area contributed by atoms with Gasteiger partial charge in [0, 0.05) is 5.54 Å². The number of amides is 1. The third-order valence-electron chi connectivity index (χ3n) is 7.21. The Bertz CT molecular complexity index is 757. The van der Waals surface area contributed by atoms with Crippen molar-refractivity contribution in [3.63, 3.8) is 0 Å². The lowest BCUT2D eigenvalue weighted by Crippen LogP contribution is -2.54. The van der Waals surface area contributed by atoms with E-state index >= 15 is 0 Å². The monoisotopic (exact) mass is 384 g/mol. The van der Waals surface area contributed by atoms with Crippen LogP contribution in [0.5, 0.6) is 0 Å². The van der Waals surface area contributed by atoms with Crippen molar-refractivity contribution in [1.82, 2.24) is 0 Å². The zero-order valence-corrected chi connectivity index (χ0v) is 16.0. The highest BCUT2D eigenvalue weighted by atomic mass is 16.5. The summed E-state index contributed by atoms with van der Waals surface area (Å²) in [5.74, 6) is 1.28. The minimum absolute atomic E-state index is 0.161. The maximum Gasteiger partial charge on any atom is 0.332 e. The number of carboxylic acids is 1. The first-order valence-electron chi connectivity index (χ1n) is 10.6. The maximum atomic E-state index is 12.6. The molecule has 0 radical (unpaired) electrons. The lowest BCUT2D eigenvalue weighted by atomic mass is 9.53. The molecule has 6 nitrogen and oxygen atoms in total. The summed E-state index contributed by atoms with van der Waals surface area (Å²) in [6.07, 6.45) is 7.10. The molecule has 1 amide bonds. The van der Waals surface area contributed by atoms with Crippen LogP contribution in [-0.4, -0.2) is 34.7 Å². The van der Waals surface area contributed by atoms with Crippen LogP contribution in [0.2, 0.25) is 0 Å². The Labute approximate surface area is 165 Å². The molecule has 0 aromatic heterocycles. The first kappa shape index (κ1) is 18.0. The molecule has 0 unspecified atom stereocenters. The quantitative estimate of drug-likeness (QED) is 0.721. The third-order valence-corrected chi connectivity index (χ3v) is 7.21. The highest BCUT2D eigenvalue weighted by Crippen LogP contribution is 2.56. The fourth-order valence-corrected chi connectivity index (χ4v) is 6.48. The molecule has 6 heteroatoms. The summed E-state index contributed by atoms with van der Waals surface area (Å²) in [6.45, 7) is 0. The molecule has 4 bridgehead atoms. The van der Waals surface area contributed by atoms with E-state index in [1.165, 1.54) is 38.5 Å². The zero-order chi connectivity index (χ0) is 19.3. The number of carbonyl (C=O) groups is 2. The summed E-state index contributed by atoms with van der Waals surface area (Å²) in [6, 6.07) is 7.84. The average Bonchev–Trinajstić information content (AvgIpc) is 3.12. The molecule has 1 aromatic rings. The molecule has 150 valence electrons. The summed E-state index contributed by atoms with van der Waals surface area (Å²) in [5.41, 5.74) is 1.88. The van der Waals surface area contributed by atoms with E-state index < -0.39 is 18.2 Å². The van der Waals surface area contributed by atoms with Crippen LogP contribution >= 0.6 is 0 Å². The van der Waals surface area contributed by atoms with Gasteiger partial charge in [-0.25, -0.2) is 4.79 Å². The minimum Gasteiger partial charge on any atom is -0.479 e. The first-order valence-corrected chi connectivity index (χ1v) is 10.6. The summed E-state index contributed by atoms with van der Waals surface area (Å²) in [5, 5.41) is 15.9. The van der Waals surface area contributed by atoms with Gasteiger partial charge in [0.25, 0.3) is 5.91 Å². The van der Waals surface area contributed by atoms with Crippen molar-refractivity contribution in [3.8, 4) is 0 Å². The molecule has 2 atom stereocenters. The van der Waals surface area contributed by atoms with Crippen LogP contribution in [0.3, 0.4) is 0 Å².